The number of rotatable bonds is 9. The van der Waals surface area contributed by atoms with E-state index in [4.69, 9.17) is 22.9 Å². The van der Waals surface area contributed by atoms with E-state index in [2.05, 4.69) is 107 Å². The van der Waals surface area contributed by atoms with Crippen molar-refractivity contribution in [3.05, 3.63) is 0 Å². The molecule has 0 aromatic carbocycles. The summed E-state index contributed by atoms with van der Waals surface area (Å²) in [6.45, 7) is 36.7. The van der Waals surface area contributed by atoms with E-state index in [1.165, 1.54) is 0 Å². The molecule has 1 aliphatic heterocycles. The standard InChI is InChI=1S/C25H55NO5Si3/c1-17-27-22-21(31-34(15,16)25(8,9)10)20(30-33(13,14)24(5,6)7)19(26-29-22)18-28-32(11,12)23(2,3)4/h20-22H,17-18H2,1-16H3/t20-,21+,22?/m1/s1. The summed E-state index contributed by atoms with van der Waals surface area (Å²) in [5, 5.41) is 4.71. The van der Waals surface area contributed by atoms with Crippen LogP contribution in [0.1, 0.15) is 69.2 Å². The summed E-state index contributed by atoms with van der Waals surface area (Å²) in [6, 6.07) is 0. The molecule has 0 saturated heterocycles. The lowest BCUT2D eigenvalue weighted by Crippen LogP contribution is -2.61. The van der Waals surface area contributed by atoms with Crippen molar-refractivity contribution in [3.8, 4) is 0 Å². The van der Waals surface area contributed by atoms with Crippen molar-refractivity contribution in [2.45, 2.75) is 142 Å². The van der Waals surface area contributed by atoms with Crippen molar-refractivity contribution in [2.24, 2.45) is 5.16 Å². The Morgan fingerprint density at radius 1 is 0.735 bits per heavy atom. The fourth-order valence-corrected chi connectivity index (χ4v) is 6.17. The zero-order chi connectivity index (χ0) is 27.0. The van der Waals surface area contributed by atoms with Crippen LogP contribution < -0.4 is 0 Å². The lowest BCUT2D eigenvalue weighted by molar-refractivity contribution is -0.210. The Hall–Kier alpha value is -0.0394. The van der Waals surface area contributed by atoms with E-state index in [0.717, 1.165) is 5.71 Å². The molecule has 0 radical (unpaired) electrons. The van der Waals surface area contributed by atoms with Gasteiger partial charge in [-0.15, -0.1) is 0 Å². The Labute approximate surface area is 213 Å². The molecule has 0 aliphatic carbocycles. The number of nitrogens with zero attached hydrogens (tertiary/aromatic N) is 1. The molecule has 1 unspecified atom stereocenters. The fraction of sp³-hybridized carbons (Fsp3) is 0.960. The van der Waals surface area contributed by atoms with E-state index in [9.17, 15) is 0 Å². The molecule has 6 nitrogen and oxygen atoms in total. The second-order valence-corrected chi connectivity index (χ2v) is 28.5. The molecule has 1 aliphatic rings. The maximum Gasteiger partial charge on any atom is 0.254 e. The lowest BCUT2D eigenvalue weighted by atomic mass is 10.1. The summed E-state index contributed by atoms with van der Waals surface area (Å²) in [5.41, 5.74) is 0.773. The Kier molecular flexibility index (Phi) is 10.1. The highest BCUT2D eigenvalue weighted by Gasteiger charge is 2.51. The van der Waals surface area contributed by atoms with Gasteiger partial charge in [-0.3, -0.25) is 0 Å². The van der Waals surface area contributed by atoms with Gasteiger partial charge in [0.05, 0.1) is 6.61 Å². The molecule has 202 valence electrons. The van der Waals surface area contributed by atoms with Crippen molar-refractivity contribution >= 4 is 30.7 Å². The average molecular weight is 534 g/mol. The molecule has 0 bridgehead atoms. The monoisotopic (exact) mass is 533 g/mol. The first-order valence-electron chi connectivity index (χ1n) is 12.8. The molecule has 0 spiro atoms. The highest BCUT2D eigenvalue weighted by atomic mass is 28.4. The molecule has 3 atom stereocenters. The Morgan fingerprint density at radius 2 is 1.18 bits per heavy atom. The van der Waals surface area contributed by atoms with Crippen molar-refractivity contribution in [1.29, 1.82) is 0 Å². The van der Waals surface area contributed by atoms with E-state index in [1.807, 2.05) is 6.92 Å². The minimum absolute atomic E-state index is 0.0394. The van der Waals surface area contributed by atoms with Gasteiger partial charge in [-0.25, -0.2) is 0 Å². The van der Waals surface area contributed by atoms with Gasteiger partial charge in [-0.05, 0) is 61.3 Å². The SMILES string of the molecule is CCOC1ON=C(CO[Si](C)(C)C(C)(C)C)[C@@H](O[Si](C)(C)C(C)(C)C)[C@@H]1O[Si](C)(C)C(C)(C)C. The van der Waals surface area contributed by atoms with Crippen LogP contribution in [0.4, 0.5) is 0 Å². The van der Waals surface area contributed by atoms with Crippen LogP contribution in [0, 0.1) is 0 Å². The van der Waals surface area contributed by atoms with E-state index in [0.29, 0.717) is 13.2 Å². The van der Waals surface area contributed by atoms with E-state index < -0.39 is 37.3 Å². The highest BCUT2D eigenvalue weighted by Crippen LogP contribution is 2.42. The number of ether oxygens (including phenoxy) is 1. The Balaban J connectivity index is 3.47. The van der Waals surface area contributed by atoms with Gasteiger partial charge in [0.15, 0.2) is 25.0 Å². The zero-order valence-electron chi connectivity index (χ0n) is 25.1. The van der Waals surface area contributed by atoms with Gasteiger partial charge in [-0.1, -0.05) is 67.5 Å². The number of hydrogen-bond donors (Lipinski definition) is 0. The predicted molar refractivity (Wildman–Crippen MR) is 151 cm³/mol. The first-order valence-corrected chi connectivity index (χ1v) is 21.5. The maximum absolute atomic E-state index is 7.04. The summed E-state index contributed by atoms with van der Waals surface area (Å²) in [5.74, 6) is 0. The minimum atomic E-state index is -2.16. The van der Waals surface area contributed by atoms with Crippen LogP contribution in [0.5, 0.6) is 0 Å². The zero-order valence-corrected chi connectivity index (χ0v) is 28.1. The molecule has 34 heavy (non-hydrogen) atoms. The van der Waals surface area contributed by atoms with Crippen LogP contribution in [0.25, 0.3) is 0 Å². The Morgan fingerprint density at radius 3 is 1.59 bits per heavy atom. The van der Waals surface area contributed by atoms with Crippen LogP contribution in [0.2, 0.25) is 54.4 Å². The molecule has 1 heterocycles. The molecule has 1 rings (SSSR count). The third-order valence-corrected chi connectivity index (χ3v) is 21.8. The minimum Gasteiger partial charge on any atom is -0.411 e. The summed E-state index contributed by atoms with van der Waals surface area (Å²) in [4.78, 5) is 5.92. The third kappa shape index (κ3) is 7.73. The second-order valence-electron chi connectivity index (χ2n) is 14.2. The highest BCUT2D eigenvalue weighted by molar-refractivity contribution is 6.75. The number of oxime groups is 1. The third-order valence-electron chi connectivity index (χ3n) is 8.35. The summed E-state index contributed by atoms with van der Waals surface area (Å²) in [6.07, 6.45) is -1.37. The topological polar surface area (TPSA) is 58.5 Å². The average Bonchev–Trinajstić information content (AvgIpc) is 2.60. The van der Waals surface area contributed by atoms with Gasteiger partial charge in [0.25, 0.3) is 6.29 Å². The predicted octanol–water partition coefficient (Wildman–Crippen LogP) is 7.54. The number of hydrogen-bond acceptors (Lipinski definition) is 6. The maximum atomic E-state index is 7.04. The van der Waals surface area contributed by atoms with Crippen molar-refractivity contribution in [1.82, 2.24) is 0 Å². The lowest BCUT2D eigenvalue weighted by Gasteiger charge is -2.47. The molecule has 0 fully saturated rings. The Bertz CT molecular complexity index is 703. The second kappa shape index (κ2) is 10.8. The van der Waals surface area contributed by atoms with Crippen LogP contribution in [0.3, 0.4) is 0 Å². The van der Waals surface area contributed by atoms with Gasteiger partial charge in [-0.2, -0.15) is 0 Å². The van der Waals surface area contributed by atoms with Gasteiger partial charge in [0.1, 0.15) is 17.9 Å². The van der Waals surface area contributed by atoms with Crippen molar-refractivity contribution in [3.63, 3.8) is 0 Å². The quantitative estimate of drug-likeness (QED) is 0.287. The van der Waals surface area contributed by atoms with Crippen molar-refractivity contribution in [2.75, 3.05) is 13.2 Å². The molecule has 0 aromatic rings. The van der Waals surface area contributed by atoms with E-state index in [-0.39, 0.29) is 21.2 Å². The summed E-state index contributed by atoms with van der Waals surface area (Å²) in [7, 11) is -6.31. The molecule has 9 heteroatoms. The van der Waals surface area contributed by atoms with E-state index >= 15 is 0 Å². The van der Waals surface area contributed by atoms with Crippen LogP contribution in [-0.2, 0) is 22.9 Å². The van der Waals surface area contributed by atoms with Gasteiger partial charge in [0.2, 0.25) is 0 Å². The summed E-state index contributed by atoms with van der Waals surface area (Å²) >= 11 is 0. The molecule has 0 amide bonds. The van der Waals surface area contributed by atoms with Gasteiger partial charge < -0.3 is 22.9 Å². The first-order chi connectivity index (χ1) is 15.0. The molecular weight excluding hydrogens is 479 g/mol. The van der Waals surface area contributed by atoms with E-state index in [1.54, 1.807) is 0 Å². The molecule has 0 N–H and O–H groups in total. The molecular formula is C25H55NO5Si3. The van der Waals surface area contributed by atoms with Crippen LogP contribution >= 0.6 is 0 Å². The normalized spacial score (nSPS) is 23.5. The summed E-state index contributed by atoms with van der Waals surface area (Å²) < 4.78 is 26.6. The van der Waals surface area contributed by atoms with Gasteiger partial charge in [0, 0.05) is 6.61 Å². The van der Waals surface area contributed by atoms with Crippen LogP contribution in [0.15, 0.2) is 5.16 Å². The first kappa shape index (κ1) is 32.0. The molecule has 0 aromatic heterocycles. The largest absolute Gasteiger partial charge is 0.411 e. The molecule has 0 saturated carbocycles. The van der Waals surface area contributed by atoms with Gasteiger partial charge >= 0.3 is 0 Å². The smallest absolute Gasteiger partial charge is 0.254 e. The van der Waals surface area contributed by atoms with Crippen molar-refractivity contribution < 1.29 is 22.9 Å². The fourth-order valence-electron chi connectivity index (χ4n) is 2.70. The van der Waals surface area contributed by atoms with Crippen LogP contribution in [-0.4, -0.2) is 62.4 Å².